The van der Waals surface area contributed by atoms with Crippen LogP contribution in [0.2, 0.25) is 0 Å². The van der Waals surface area contributed by atoms with Crippen molar-refractivity contribution in [1.29, 1.82) is 0 Å². The highest BCUT2D eigenvalue weighted by atomic mass is 16.1. The molecule has 2 aromatic rings. The molecule has 1 N–H and O–H groups in total. The number of rotatable bonds is 4. The largest absolute Gasteiger partial charge is 0.350 e. The van der Waals surface area contributed by atoms with Gasteiger partial charge in [-0.15, -0.1) is 0 Å². The summed E-state index contributed by atoms with van der Waals surface area (Å²) in [4.78, 5) is 16.9. The molecule has 24 heavy (non-hydrogen) atoms. The minimum atomic E-state index is 0.158. The van der Waals surface area contributed by atoms with E-state index in [2.05, 4.69) is 45.3 Å². The number of benzene rings is 1. The number of carbonyl (C=O) groups is 1. The van der Waals surface area contributed by atoms with Gasteiger partial charge in [0.25, 0.3) is 0 Å². The van der Waals surface area contributed by atoms with Crippen molar-refractivity contribution >= 4 is 5.91 Å². The van der Waals surface area contributed by atoms with E-state index < -0.39 is 0 Å². The Bertz CT molecular complexity index is 711. The van der Waals surface area contributed by atoms with Crippen molar-refractivity contribution in [3.63, 3.8) is 0 Å². The summed E-state index contributed by atoms with van der Waals surface area (Å²) in [5, 5.41) is 3.06. The molecule has 0 spiro atoms. The first-order chi connectivity index (χ1) is 11.8. The van der Waals surface area contributed by atoms with Gasteiger partial charge < -0.3 is 9.88 Å². The molecule has 4 heteroatoms. The second kappa shape index (κ2) is 6.80. The number of hydrogen-bond acceptors (Lipinski definition) is 2. The highest BCUT2D eigenvalue weighted by Crippen LogP contribution is 2.27. The number of carbonyl (C=O) groups excluding carboxylic acids is 1. The zero-order valence-electron chi connectivity index (χ0n) is 14.1. The maximum atomic E-state index is 12.3. The molecular weight excluding hydrogens is 298 g/mol. The van der Waals surface area contributed by atoms with Crippen LogP contribution in [0.3, 0.4) is 0 Å². The van der Waals surface area contributed by atoms with Gasteiger partial charge >= 0.3 is 0 Å². The summed E-state index contributed by atoms with van der Waals surface area (Å²) in [5.41, 5.74) is 3.87. The Labute approximate surface area is 143 Å². The third-order valence-electron chi connectivity index (χ3n) is 5.35. The number of hydrogen-bond donors (Lipinski definition) is 1. The van der Waals surface area contributed by atoms with E-state index in [0.29, 0.717) is 18.9 Å². The minimum absolute atomic E-state index is 0.158. The van der Waals surface area contributed by atoms with Crippen LogP contribution in [0.25, 0.3) is 0 Å². The fourth-order valence-electron chi connectivity index (χ4n) is 4.03. The SMILES string of the molecule is O=C(C[C@@H]1CCc2ccccc2C1)NCc1cn2c(n1)CCCC2. The van der Waals surface area contributed by atoms with E-state index in [1.165, 1.54) is 29.8 Å². The van der Waals surface area contributed by atoms with E-state index in [1.54, 1.807) is 0 Å². The Hall–Kier alpha value is -2.10. The van der Waals surface area contributed by atoms with Crippen LogP contribution in [-0.4, -0.2) is 15.5 Å². The molecule has 4 nitrogen and oxygen atoms in total. The fourth-order valence-corrected chi connectivity index (χ4v) is 4.03. The third-order valence-corrected chi connectivity index (χ3v) is 5.35. The molecule has 0 saturated heterocycles. The number of nitrogens with zero attached hydrogens (tertiary/aromatic N) is 2. The lowest BCUT2D eigenvalue weighted by Crippen LogP contribution is -2.27. The van der Waals surface area contributed by atoms with Gasteiger partial charge in [0.1, 0.15) is 5.82 Å². The van der Waals surface area contributed by atoms with Gasteiger partial charge in [-0.25, -0.2) is 4.98 Å². The molecule has 0 bridgehead atoms. The van der Waals surface area contributed by atoms with Crippen molar-refractivity contribution in [2.24, 2.45) is 5.92 Å². The van der Waals surface area contributed by atoms with E-state index >= 15 is 0 Å². The van der Waals surface area contributed by atoms with Crippen molar-refractivity contribution in [3.8, 4) is 0 Å². The molecular formula is C20H25N3O. The van der Waals surface area contributed by atoms with Crippen LogP contribution in [0, 0.1) is 5.92 Å². The second-order valence-electron chi connectivity index (χ2n) is 7.16. The Kier molecular flexibility index (Phi) is 4.37. The van der Waals surface area contributed by atoms with Crippen LogP contribution < -0.4 is 5.32 Å². The van der Waals surface area contributed by atoms with E-state index in [1.807, 2.05) is 0 Å². The van der Waals surface area contributed by atoms with E-state index in [-0.39, 0.29) is 5.91 Å². The molecule has 2 heterocycles. The lowest BCUT2D eigenvalue weighted by atomic mass is 9.82. The van der Waals surface area contributed by atoms with Crippen molar-refractivity contribution < 1.29 is 4.79 Å². The van der Waals surface area contributed by atoms with Crippen molar-refractivity contribution in [2.45, 2.75) is 58.0 Å². The standard InChI is InChI=1S/C20H25N3O/c24-20(12-15-8-9-16-5-1-2-6-17(16)11-15)21-13-18-14-23-10-4-3-7-19(23)22-18/h1-2,5-6,14-15H,3-4,7-13H2,(H,21,24)/t15-/m1/s1. The number of fused-ring (bicyclic) bond motifs is 2. The number of nitrogens with one attached hydrogen (secondary N) is 1. The molecule has 1 aromatic heterocycles. The van der Waals surface area contributed by atoms with Gasteiger partial charge in [0.2, 0.25) is 5.91 Å². The predicted molar refractivity (Wildman–Crippen MR) is 93.6 cm³/mol. The zero-order valence-corrected chi connectivity index (χ0v) is 14.1. The summed E-state index contributed by atoms with van der Waals surface area (Å²) in [7, 11) is 0. The van der Waals surface area contributed by atoms with Gasteiger partial charge in [-0.05, 0) is 49.1 Å². The van der Waals surface area contributed by atoms with Gasteiger partial charge in [-0.1, -0.05) is 24.3 Å². The van der Waals surface area contributed by atoms with Gasteiger partial charge in [-0.2, -0.15) is 0 Å². The first kappa shape index (κ1) is 15.4. The van der Waals surface area contributed by atoms with Gasteiger partial charge in [-0.3, -0.25) is 4.79 Å². The van der Waals surface area contributed by atoms with Crippen LogP contribution in [-0.2, 0) is 37.1 Å². The maximum absolute atomic E-state index is 12.3. The number of aryl methyl sites for hydroxylation is 3. The fraction of sp³-hybridized carbons (Fsp3) is 0.500. The topological polar surface area (TPSA) is 46.9 Å². The molecule has 4 rings (SSSR count). The summed E-state index contributed by atoms with van der Waals surface area (Å²) < 4.78 is 2.24. The highest BCUT2D eigenvalue weighted by molar-refractivity contribution is 5.76. The molecule has 0 fully saturated rings. The zero-order chi connectivity index (χ0) is 16.4. The molecule has 1 amide bonds. The minimum Gasteiger partial charge on any atom is -0.350 e. The first-order valence-corrected chi connectivity index (χ1v) is 9.16. The quantitative estimate of drug-likeness (QED) is 0.940. The molecule has 1 aromatic carbocycles. The van der Waals surface area contributed by atoms with Crippen molar-refractivity contribution in [2.75, 3.05) is 0 Å². The third kappa shape index (κ3) is 3.37. The number of imidazole rings is 1. The molecule has 0 radical (unpaired) electrons. The Morgan fingerprint density at radius 3 is 2.96 bits per heavy atom. The van der Waals surface area contributed by atoms with Crippen LogP contribution in [0.1, 0.15) is 48.3 Å². The maximum Gasteiger partial charge on any atom is 0.220 e. The summed E-state index contributed by atoms with van der Waals surface area (Å²) in [6.07, 6.45) is 9.50. The van der Waals surface area contributed by atoms with Gasteiger partial charge in [0.05, 0.1) is 12.2 Å². The average Bonchev–Trinajstić information content (AvgIpc) is 3.03. The molecule has 0 unspecified atom stereocenters. The van der Waals surface area contributed by atoms with Gasteiger partial charge in [0, 0.05) is 25.6 Å². The van der Waals surface area contributed by atoms with Crippen LogP contribution in [0.5, 0.6) is 0 Å². The van der Waals surface area contributed by atoms with Crippen molar-refractivity contribution in [3.05, 3.63) is 53.1 Å². The smallest absolute Gasteiger partial charge is 0.220 e. The molecule has 1 aliphatic heterocycles. The molecule has 1 atom stereocenters. The average molecular weight is 323 g/mol. The summed E-state index contributed by atoms with van der Waals surface area (Å²) >= 11 is 0. The number of amides is 1. The van der Waals surface area contributed by atoms with Crippen LogP contribution in [0.15, 0.2) is 30.5 Å². The molecule has 2 aliphatic rings. The van der Waals surface area contributed by atoms with Crippen LogP contribution in [0.4, 0.5) is 0 Å². The predicted octanol–water partition coefficient (Wildman–Crippen LogP) is 3.03. The molecule has 126 valence electrons. The molecule has 0 saturated carbocycles. The summed E-state index contributed by atoms with van der Waals surface area (Å²) in [5.74, 6) is 1.80. The van der Waals surface area contributed by atoms with Gasteiger partial charge in [0.15, 0.2) is 0 Å². The lowest BCUT2D eigenvalue weighted by Gasteiger charge is -2.24. The monoisotopic (exact) mass is 323 g/mol. The van der Waals surface area contributed by atoms with E-state index in [4.69, 9.17) is 0 Å². The Balaban J connectivity index is 1.29. The normalized spacial score (nSPS) is 19.4. The highest BCUT2D eigenvalue weighted by Gasteiger charge is 2.21. The lowest BCUT2D eigenvalue weighted by molar-refractivity contribution is -0.122. The summed E-state index contributed by atoms with van der Waals surface area (Å²) in [6, 6.07) is 8.62. The Morgan fingerprint density at radius 1 is 1.21 bits per heavy atom. The van der Waals surface area contributed by atoms with Crippen molar-refractivity contribution in [1.82, 2.24) is 14.9 Å². The number of aromatic nitrogens is 2. The summed E-state index contributed by atoms with van der Waals surface area (Å²) in [6.45, 7) is 1.62. The Morgan fingerprint density at radius 2 is 2.08 bits per heavy atom. The van der Waals surface area contributed by atoms with Crippen LogP contribution >= 0.6 is 0 Å². The first-order valence-electron chi connectivity index (χ1n) is 9.16. The van der Waals surface area contributed by atoms with E-state index in [0.717, 1.165) is 37.9 Å². The van der Waals surface area contributed by atoms with E-state index in [9.17, 15) is 4.79 Å². The second-order valence-corrected chi connectivity index (χ2v) is 7.16. The molecule has 1 aliphatic carbocycles.